The molecule has 3 aliphatic rings. The maximum absolute atomic E-state index is 13.0. The number of hydrogen-bond donors (Lipinski definition) is 1. The normalized spacial score (nSPS) is 23.1. The molecule has 136 valence electrons. The summed E-state index contributed by atoms with van der Waals surface area (Å²) < 4.78 is 7.44. The summed E-state index contributed by atoms with van der Waals surface area (Å²) in [4.78, 5) is 14.9. The van der Waals surface area contributed by atoms with Gasteiger partial charge in [-0.25, -0.2) is 4.79 Å². The molecule has 2 fully saturated rings. The van der Waals surface area contributed by atoms with Crippen molar-refractivity contribution >= 4 is 17.5 Å². The van der Waals surface area contributed by atoms with E-state index in [0.29, 0.717) is 5.82 Å². The molecule has 2 aromatic rings. The van der Waals surface area contributed by atoms with Gasteiger partial charge in [-0.2, -0.15) is 5.10 Å². The molecule has 0 unspecified atom stereocenters. The smallest absolute Gasteiger partial charge is 0.327 e. The quantitative estimate of drug-likeness (QED) is 0.895. The maximum Gasteiger partial charge on any atom is 0.327 e. The van der Waals surface area contributed by atoms with Crippen LogP contribution in [-0.4, -0.2) is 29.0 Å². The molecule has 2 amide bonds. The monoisotopic (exact) mass is 352 g/mol. The number of benzene rings is 1. The zero-order chi connectivity index (χ0) is 17.7. The highest BCUT2D eigenvalue weighted by Crippen LogP contribution is 2.52. The van der Waals surface area contributed by atoms with Crippen molar-refractivity contribution in [2.24, 2.45) is 7.05 Å². The van der Waals surface area contributed by atoms with Crippen LogP contribution in [0.25, 0.3) is 0 Å². The molecule has 1 aliphatic carbocycles. The molecule has 26 heavy (non-hydrogen) atoms. The molecular weight excluding hydrogens is 328 g/mol. The van der Waals surface area contributed by atoms with Gasteiger partial charge in [0.05, 0.1) is 5.69 Å². The lowest BCUT2D eigenvalue weighted by Gasteiger charge is -2.38. The molecule has 1 aromatic heterocycles. The van der Waals surface area contributed by atoms with E-state index in [1.165, 1.54) is 24.8 Å². The fourth-order valence-electron chi connectivity index (χ4n) is 4.59. The van der Waals surface area contributed by atoms with Gasteiger partial charge in [-0.15, -0.1) is 0 Å². The lowest BCUT2D eigenvalue weighted by Crippen LogP contribution is -2.43. The van der Waals surface area contributed by atoms with Crippen molar-refractivity contribution in [2.45, 2.75) is 43.6 Å². The highest BCUT2D eigenvalue weighted by atomic mass is 16.5. The molecule has 2 aliphatic heterocycles. The summed E-state index contributed by atoms with van der Waals surface area (Å²) >= 11 is 0. The van der Waals surface area contributed by atoms with Crippen molar-refractivity contribution in [2.75, 3.05) is 23.4 Å². The Hall–Kier alpha value is -2.34. The lowest BCUT2D eigenvalue weighted by atomic mass is 9.66. The lowest BCUT2D eigenvalue weighted by molar-refractivity contribution is 0.108. The molecule has 1 saturated heterocycles. The van der Waals surface area contributed by atoms with Crippen molar-refractivity contribution < 1.29 is 9.53 Å². The summed E-state index contributed by atoms with van der Waals surface area (Å²) in [5, 5.41) is 7.59. The van der Waals surface area contributed by atoms with Gasteiger partial charge in [0, 0.05) is 37.4 Å². The molecule has 1 N–H and O–H groups in total. The van der Waals surface area contributed by atoms with Crippen LogP contribution >= 0.6 is 0 Å². The van der Waals surface area contributed by atoms with Crippen LogP contribution in [0.1, 0.15) is 49.5 Å². The van der Waals surface area contributed by atoms with Gasteiger partial charge in [0.1, 0.15) is 11.9 Å². The SMILES string of the molecule is Cn1nc([C@H]2CCCO2)cc1NC(=O)N1CC2(CCC2)c2ccccc21. The van der Waals surface area contributed by atoms with Crippen molar-refractivity contribution in [3.63, 3.8) is 0 Å². The number of carbonyl (C=O) groups excluding carboxylic acids is 1. The van der Waals surface area contributed by atoms with E-state index in [1.54, 1.807) is 4.68 Å². The van der Waals surface area contributed by atoms with Gasteiger partial charge in [0.2, 0.25) is 0 Å². The fraction of sp³-hybridized carbons (Fsp3) is 0.500. The molecule has 0 radical (unpaired) electrons. The van der Waals surface area contributed by atoms with Gasteiger partial charge in [-0.3, -0.25) is 14.9 Å². The molecule has 3 heterocycles. The number of para-hydroxylation sites is 1. The number of urea groups is 1. The number of amides is 2. The zero-order valence-electron chi connectivity index (χ0n) is 15.1. The van der Waals surface area contributed by atoms with Gasteiger partial charge in [0.15, 0.2) is 0 Å². The van der Waals surface area contributed by atoms with Crippen molar-refractivity contribution in [1.29, 1.82) is 0 Å². The van der Waals surface area contributed by atoms with Crippen LogP contribution in [0.2, 0.25) is 0 Å². The first-order chi connectivity index (χ1) is 12.7. The van der Waals surface area contributed by atoms with Crippen LogP contribution in [0.5, 0.6) is 0 Å². The second kappa shape index (κ2) is 5.84. The van der Waals surface area contributed by atoms with Crippen molar-refractivity contribution in [3.8, 4) is 0 Å². The number of fused-ring (bicyclic) bond motifs is 2. The third-order valence-corrected chi connectivity index (χ3v) is 6.18. The summed E-state index contributed by atoms with van der Waals surface area (Å²) in [6, 6.07) is 10.2. The second-order valence-corrected chi connectivity index (χ2v) is 7.75. The number of nitrogens with one attached hydrogen (secondary N) is 1. The Kier molecular flexibility index (Phi) is 3.57. The number of carbonyl (C=O) groups is 1. The Labute approximate surface area is 153 Å². The standard InChI is InChI=1S/C20H24N4O2/c1-23-18(12-15(22-23)17-8-4-11-26-17)21-19(25)24-13-20(9-5-10-20)14-6-2-3-7-16(14)24/h2-3,6-7,12,17H,4-5,8-11,13H2,1H3,(H,21,25)/t17-/m1/s1. The minimum atomic E-state index is -0.0804. The van der Waals surface area contributed by atoms with Crippen molar-refractivity contribution in [1.82, 2.24) is 9.78 Å². The Morgan fingerprint density at radius 2 is 2.15 bits per heavy atom. The largest absolute Gasteiger partial charge is 0.372 e. The summed E-state index contributed by atoms with van der Waals surface area (Å²) in [5.74, 6) is 0.715. The first kappa shape index (κ1) is 15.9. The number of anilines is 2. The summed E-state index contributed by atoms with van der Waals surface area (Å²) in [6.07, 6.45) is 5.70. The minimum absolute atomic E-state index is 0.0533. The summed E-state index contributed by atoms with van der Waals surface area (Å²) in [7, 11) is 1.86. The maximum atomic E-state index is 13.0. The van der Waals surface area contributed by atoms with Gasteiger partial charge in [0.25, 0.3) is 0 Å². The predicted octanol–water partition coefficient (Wildman–Crippen LogP) is 3.75. The third-order valence-electron chi connectivity index (χ3n) is 6.18. The number of ether oxygens (including phenoxy) is 1. The van der Waals surface area contributed by atoms with Crippen LogP contribution < -0.4 is 10.2 Å². The van der Waals surface area contributed by atoms with E-state index in [1.807, 2.05) is 24.1 Å². The molecule has 0 bridgehead atoms. The highest BCUT2D eigenvalue weighted by molar-refractivity contribution is 6.03. The van der Waals surface area contributed by atoms with E-state index in [4.69, 9.17) is 4.74 Å². The third kappa shape index (κ3) is 2.35. The molecular formula is C20H24N4O2. The zero-order valence-corrected chi connectivity index (χ0v) is 15.1. The topological polar surface area (TPSA) is 59.4 Å². The molecule has 1 spiro atoms. The number of aromatic nitrogens is 2. The van der Waals surface area contributed by atoms with E-state index < -0.39 is 0 Å². The number of aryl methyl sites for hydroxylation is 1. The Balaban J connectivity index is 1.38. The average Bonchev–Trinajstić information content (AvgIpc) is 3.32. The highest BCUT2D eigenvalue weighted by Gasteiger charge is 2.48. The Morgan fingerprint density at radius 1 is 1.31 bits per heavy atom. The van der Waals surface area contributed by atoms with Gasteiger partial charge in [-0.1, -0.05) is 24.6 Å². The van der Waals surface area contributed by atoms with Crippen LogP contribution in [-0.2, 0) is 17.2 Å². The van der Waals surface area contributed by atoms with Gasteiger partial charge in [-0.05, 0) is 37.3 Å². The van der Waals surface area contributed by atoms with E-state index in [2.05, 4.69) is 28.6 Å². The fourth-order valence-corrected chi connectivity index (χ4v) is 4.59. The molecule has 1 atom stereocenters. The number of rotatable bonds is 2. The molecule has 5 rings (SSSR count). The van der Waals surface area contributed by atoms with Gasteiger partial charge >= 0.3 is 6.03 Å². The Morgan fingerprint density at radius 3 is 2.88 bits per heavy atom. The second-order valence-electron chi connectivity index (χ2n) is 7.75. The number of nitrogens with zero attached hydrogens (tertiary/aromatic N) is 3. The average molecular weight is 352 g/mol. The summed E-state index contributed by atoms with van der Waals surface area (Å²) in [6.45, 7) is 1.56. The van der Waals surface area contributed by atoms with E-state index in [0.717, 1.165) is 37.4 Å². The van der Waals surface area contributed by atoms with Crippen molar-refractivity contribution in [3.05, 3.63) is 41.6 Å². The van der Waals surface area contributed by atoms with Crippen LogP contribution in [0.4, 0.5) is 16.3 Å². The first-order valence-corrected chi connectivity index (χ1v) is 9.50. The van der Waals surface area contributed by atoms with Crippen LogP contribution in [0.3, 0.4) is 0 Å². The summed E-state index contributed by atoms with van der Waals surface area (Å²) in [5.41, 5.74) is 3.44. The predicted molar refractivity (Wildman–Crippen MR) is 99.5 cm³/mol. The van der Waals surface area contributed by atoms with E-state index in [-0.39, 0.29) is 17.6 Å². The van der Waals surface area contributed by atoms with Gasteiger partial charge < -0.3 is 4.74 Å². The van der Waals surface area contributed by atoms with E-state index >= 15 is 0 Å². The van der Waals surface area contributed by atoms with Crippen LogP contribution in [0.15, 0.2) is 30.3 Å². The Bertz CT molecular complexity index is 849. The van der Waals surface area contributed by atoms with E-state index in [9.17, 15) is 4.79 Å². The number of hydrogen-bond acceptors (Lipinski definition) is 3. The molecule has 1 aromatic carbocycles. The molecule has 1 saturated carbocycles. The molecule has 6 nitrogen and oxygen atoms in total. The molecule has 6 heteroatoms. The van der Waals surface area contributed by atoms with Crippen LogP contribution in [0, 0.1) is 0 Å². The first-order valence-electron chi connectivity index (χ1n) is 9.50. The minimum Gasteiger partial charge on any atom is -0.372 e.